The summed E-state index contributed by atoms with van der Waals surface area (Å²) in [5.41, 5.74) is 1.33. The number of thiophene rings is 1. The Labute approximate surface area is 103 Å². The minimum atomic E-state index is 0.628. The summed E-state index contributed by atoms with van der Waals surface area (Å²) >= 11 is 1.89. The standard InChI is InChI=1S/C15H20S/c1-5-6-7-8-9-13(4)15-11-10-14(16-15)12(2)3/h5,7-12H,1,6H2,2-4H3/b8-7-,13-9+. The second kappa shape index (κ2) is 6.49. The van der Waals surface area contributed by atoms with Crippen LogP contribution >= 0.6 is 11.3 Å². The first-order valence-corrected chi connectivity index (χ1v) is 6.51. The summed E-state index contributed by atoms with van der Waals surface area (Å²) in [6, 6.07) is 4.45. The minimum Gasteiger partial charge on any atom is -0.140 e. The Bertz CT molecular complexity index is 391. The van der Waals surface area contributed by atoms with Gasteiger partial charge in [0, 0.05) is 9.75 Å². The lowest BCUT2D eigenvalue weighted by Gasteiger charge is -1.98. The maximum absolute atomic E-state index is 3.69. The Kier molecular flexibility index (Phi) is 5.27. The molecule has 0 radical (unpaired) electrons. The Morgan fingerprint density at radius 1 is 1.44 bits per heavy atom. The highest BCUT2D eigenvalue weighted by Gasteiger charge is 2.04. The van der Waals surface area contributed by atoms with Crippen LogP contribution in [-0.2, 0) is 0 Å². The zero-order valence-corrected chi connectivity index (χ0v) is 11.2. The van der Waals surface area contributed by atoms with Gasteiger partial charge in [0.2, 0.25) is 0 Å². The highest BCUT2D eigenvalue weighted by atomic mass is 32.1. The van der Waals surface area contributed by atoms with Crippen LogP contribution in [0.4, 0.5) is 0 Å². The van der Waals surface area contributed by atoms with Crippen LogP contribution in [0.5, 0.6) is 0 Å². The number of hydrogen-bond acceptors (Lipinski definition) is 1. The van der Waals surface area contributed by atoms with Gasteiger partial charge < -0.3 is 0 Å². The zero-order valence-electron chi connectivity index (χ0n) is 10.4. The van der Waals surface area contributed by atoms with Crippen molar-refractivity contribution in [2.24, 2.45) is 0 Å². The maximum atomic E-state index is 3.69. The molecule has 0 amide bonds. The maximum Gasteiger partial charge on any atom is 0.0302 e. The van der Waals surface area contributed by atoms with Crippen LogP contribution in [-0.4, -0.2) is 0 Å². The van der Waals surface area contributed by atoms with Crippen LogP contribution < -0.4 is 0 Å². The molecule has 1 aromatic heterocycles. The summed E-state index contributed by atoms with van der Waals surface area (Å²) in [7, 11) is 0. The topological polar surface area (TPSA) is 0 Å². The number of allylic oxidation sites excluding steroid dienone is 5. The fraction of sp³-hybridized carbons (Fsp3) is 0.333. The van der Waals surface area contributed by atoms with E-state index >= 15 is 0 Å². The smallest absolute Gasteiger partial charge is 0.0302 e. The molecule has 0 aliphatic heterocycles. The average Bonchev–Trinajstić information content (AvgIpc) is 2.73. The lowest BCUT2D eigenvalue weighted by Crippen LogP contribution is -1.77. The number of hydrogen-bond donors (Lipinski definition) is 0. The molecule has 16 heavy (non-hydrogen) atoms. The fourth-order valence-corrected chi connectivity index (χ4v) is 2.34. The van der Waals surface area contributed by atoms with E-state index in [0.29, 0.717) is 5.92 Å². The van der Waals surface area contributed by atoms with Crippen molar-refractivity contribution in [3.63, 3.8) is 0 Å². The Balaban J connectivity index is 2.71. The molecule has 1 rings (SSSR count). The van der Waals surface area contributed by atoms with Crippen molar-refractivity contribution in [2.45, 2.75) is 33.1 Å². The van der Waals surface area contributed by atoms with E-state index in [9.17, 15) is 0 Å². The molecule has 0 nitrogen and oxygen atoms in total. The van der Waals surface area contributed by atoms with Gasteiger partial charge in [-0.15, -0.1) is 17.9 Å². The molecule has 86 valence electrons. The summed E-state index contributed by atoms with van der Waals surface area (Å²) in [5.74, 6) is 0.628. The van der Waals surface area contributed by atoms with Crippen molar-refractivity contribution in [1.82, 2.24) is 0 Å². The average molecular weight is 232 g/mol. The van der Waals surface area contributed by atoms with E-state index in [-0.39, 0.29) is 0 Å². The van der Waals surface area contributed by atoms with Crippen molar-refractivity contribution in [2.75, 3.05) is 0 Å². The van der Waals surface area contributed by atoms with Crippen molar-refractivity contribution in [3.05, 3.63) is 52.8 Å². The third-order valence-electron chi connectivity index (χ3n) is 2.37. The van der Waals surface area contributed by atoms with Gasteiger partial charge in [-0.05, 0) is 37.0 Å². The van der Waals surface area contributed by atoms with Gasteiger partial charge in [0.1, 0.15) is 0 Å². The van der Waals surface area contributed by atoms with Crippen LogP contribution in [0, 0.1) is 0 Å². The van der Waals surface area contributed by atoms with E-state index in [1.54, 1.807) is 0 Å². The lowest BCUT2D eigenvalue weighted by atomic mass is 10.2. The van der Waals surface area contributed by atoms with Crippen molar-refractivity contribution in [1.29, 1.82) is 0 Å². The minimum absolute atomic E-state index is 0.628. The monoisotopic (exact) mass is 232 g/mol. The van der Waals surface area contributed by atoms with Gasteiger partial charge in [-0.2, -0.15) is 0 Å². The van der Waals surface area contributed by atoms with Crippen molar-refractivity contribution < 1.29 is 0 Å². The summed E-state index contributed by atoms with van der Waals surface area (Å²) in [5, 5.41) is 0. The molecular weight excluding hydrogens is 212 g/mol. The highest BCUT2D eigenvalue weighted by Crippen LogP contribution is 2.28. The van der Waals surface area contributed by atoms with Crippen molar-refractivity contribution >= 4 is 16.9 Å². The van der Waals surface area contributed by atoms with Gasteiger partial charge in [0.25, 0.3) is 0 Å². The Morgan fingerprint density at radius 2 is 2.19 bits per heavy atom. The first-order chi connectivity index (χ1) is 7.65. The van der Waals surface area contributed by atoms with Gasteiger partial charge in [0.15, 0.2) is 0 Å². The van der Waals surface area contributed by atoms with Gasteiger partial charge in [-0.25, -0.2) is 0 Å². The molecule has 0 saturated carbocycles. The van der Waals surface area contributed by atoms with E-state index in [4.69, 9.17) is 0 Å². The molecule has 1 aromatic rings. The second-order valence-corrected chi connectivity index (χ2v) is 5.27. The van der Waals surface area contributed by atoms with Gasteiger partial charge >= 0.3 is 0 Å². The summed E-state index contributed by atoms with van der Waals surface area (Å²) < 4.78 is 0. The molecule has 0 fully saturated rings. The van der Waals surface area contributed by atoms with Crippen molar-refractivity contribution in [3.8, 4) is 0 Å². The van der Waals surface area contributed by atoms with Crippen LogP contribution in [0.1, 0.15) is 42.9 Å². The third-order valence-corrected chi connectivity index (χ3v) is 3.89. The molecule has 1 heterocycles. The predicted octanol–water partition coefficient (Wildman–Crippen LogP) is 5.41. The Morgan fingerprint density at radius 3 is 2.75 bits per heavy atom. The first-order valence-electron chi connectivity index (χ1n) is 5.69. The van der Waals surface area contributed by atoms with Crippen LogP contribution in [0.15, 0.2) is 43.0 Å². The highest BCUT2D eigenvalue weighted by molar-refractivity contribution is 7.13. The van der Waals surface area contributed by atoms with Crippen LogP contribution in [0.25, 0.3) is 5.57 Å². The molecule has 0 aliphatic rings. The van der Waals surface area contributed by atoms with Crippen LogP contribution in [0.2, 0.25) is 0 Å². The van der Waals surface area contributed by atoms with Gasteiger partial charge in [-0.1, -0.05) is 38.2 Å². The van der Waals surface area contributed by atoms with E-state index in [1.807, 2.05) is 17.4 Å². The Hall–Kier alpha value is -1.08. The lowest BCUT2D eigenvalue weighted by molar-refractivity contribution is 0.890. The largest absolute Gasteiger partial charge is 0.140 e. The van der Waals surface area contributed by atoms with Crippen LogP contribution in [0.3, 0.4) is 0 Å². The SMILES string of the molecule is C=CC/C=C\C=C(/C)c1ccc(C(C)C)s1. The molecule has 0 aromatic carbocycles. The van der Waals surface area contributed by atoms with E-state index in [0.717, 1.165) is 6.42 Å². The van der Waals surface area contributed by atoms with E-state index in [1.165, 1.54) is 15.3 Å². The molecule has 0 unspecified atom stereocenters. The molecule has 1 heteroatoms. The molecule has 0 spiro atoms. The summed E-state index contributed by atoms with van der Waals surface area (Å²) in [4.78, 5) is 2.82. The fourth-order valence-electron chi connectivity index (χ4n) is 1.34. The third kappa shape index (κ3) is 3.82. The molecule has 0 atom stereocenters. The second-order valence-electron chi connectivity index (χ2n) is 4.16. The molecule has 0 N–H and O–H groups in total. The normalized spacial score (nSPS) is 12.6. The van der Waals surface area contributed by atoms with E-state index < -0.39 is 0 Å². The van der Waals surface area contributed by atoms with Gasteiger partial charge in [-0.3, -0.25) is 0 Å². The predicted molar refractivity (Wildman–Crippen MR) is 76.0 cm³/mol. The molecule has 0 aliphatic carbocycles. The summed E-state index contributed by atoms with van der Waals surface area (Å²) in [6.45, 7) is 10.3. The number of rotatable bonds is 5. The summed E-state index contributed by atoms with van der Waals surface area (Å²) in [6.07, 6.45) is 9.23. The molecule has 0 saturated heterocycles. The van der Waals surface area contributed by atoms with Gasteiger partial charge in [0.05, 0.1) is 0 Å². The quantitative estimate of drug-likeness (QED) is 0.470. The molecule has 0 bridgehead atoms. The molecular formula is C15H20S. The van der Waals surface area contributed by atoms with E-state index in [2.05, 4.69) is 57.7 Å². The first kappa shape index (κ1) is 13.0. The zero-order chi connectivity index (χ0) is 12.0.